The number of rotatable bonds is 5. The Morgan fingerprint density at radius 2 is 2.00 bits per heavy atom. The summed E-state index contributed by atoms with van der Waals surface area (Å²) < 4.78 is 25.8. The van der Waals surface area contributed by atoms with Crippen LogP contribution in [0.5, 0.6) is 0 Å². The van der Waals surface area contributed by atoms with Crippen molar-refractivity contribution in [3.63, 3.8) is 0 Å². The molecule has 8 heteroatoms. The van der Waals surface area contributed by atoms with Crippen LogP contribution in [-0.2, 0) is 10.0 Å². The molecule has 0 radical (unpaired) electrons. The molecule has 0 saturated heterocycles. The van der Waals surface area contributed by atoms with Gasteiger partial charge in [-0.15, -0.1) is 0 Å². The van der Waals surface area contributed by atoms with E-state index in [1.165, 1.54) is 12.3 Å². The molecule has 1 unspecified atom stereocenters. The topological polar surface area (TPSA) is 121 Å². The number of nitrogen functional groups attached to an aromatic ring is 1. The minimum atomic E-state index is -3.68. The fourth-order valence-corrected chi connectivity index (χ4v) is 2.44. The van der Waals surface area contributed by atoms with Crippen LogP contribution in [-0.4, -0.2) is 30.3 Å². The molecule has 0 aliphatic carbocycles. The zero-order valence-electron chi connectivity index (χ0n) is 9.95. The van der Waals surface area contributed by atoms with Crippen LogP contribution in [0.2, 0.25) is 0 Å². The van der Waals surface area contributed by atoms with Crippen LogP contribution < -0.4 is 10.5 Å². The third-order valence-electron chi connectivity index (χ3n) is 2.55. The Labute approximate surface area is 110 Å². The average Bonchev–Trinajstić information content (AvgIpc) is 2.91. The predicted molar refractivity (Wildman–Crippen MR) is 69.6 cm³/mol. The SMILES string of the molecule is Nc1ccc(C(O)CNS(=O)(=O)c2ccn[nH]2)cc1. The van der Waals surface area contributed by atoms with Crippen molar-refractivity contribution in [2.24, 2.45) is 0 Å². The quantitative estimate of drug-likeness (QED) is 0.575. The first-order valence-electron chi connectivity index (χ1n) is 5.51. The fraction of sp³-hybridized carbons (Fsp3) is 0.182. The van der Waals surface area contributed by atoms with E-state index >= 15 is 0 Å². The lowest BCUT2D eigenvalue weighted by molar-refractivity contribution is 0.182. The molecule has 5 N–H and O–H groups in total. The Morgan fingerprint density at radius 1 is 1.32 bits per heavy atom. The van der Waals surface area contributed by atoms with Crippen molar-refractivity contribution < 1.29 is 13.5 Å². The standard InChI is InChI=1S/C11H14N4O3S/c12-9-3-1-8(2-4-9)10(16)7-14-19(17,18)11-5-6-13-15-11/h1-6,10,14,16H,7,12H2,(H,13,15). The minimum absolute atomic E-state index is 0.0444. The highest BCUT2D eigenvalue weighted by molar-refractivity contribution is 7.89. The molecular weight excluding hydrogens is 268 g/mol. The first-order valence-corrected chi connectivity index (χ1v) is 7.00. The lowest BCUT2D eigenvalue weighted by Crippen LogP contribution is -2.28. The van der Waals surface area contributed by atoms with E-state index in [0.29, 0.717) is 11.3 Å². The molecule has 0 aliphatic rings. The van der Waals surface area contributed by atoms with Gasteiger partial charge in [-0.25, -0.2) is 13.1 Å². The number of nitrogens with one attached hydrogen (secondary N) is 2. The van der Waals surface area contributed by atoms with Gasteiger partial charge in [0.1, 0.15) is 0 Å². The van der Waals surface area contributed by atoms with Crippen LogP contribution >= 0.6 is 0 Å². The molecule has 2 rings (SSSR count). The van der Waals surface area contributed by atoms with Gasteiger partial charge in [-0.05, 0) is 23.8 Å². The van der Waals surface area contributed by atoms with Crippen molar-refractivity contribution in [2.75, 3.05) is 12.3 Å². The third-order valence-corrected chi connectivity index (χ3v) is 3.91. The van der Waals surface area contributed by atoms with Crippen LogP contribution in [0.1, 0.15) is 11.7 Å². The highest BCUT2D eigenvalue weighted by atomic mass is 32.2. The summed E-state index contributed by atoms with van der Waals surface area (Å²) in [5.41, 5.74) is 6.69. The number of H-pyrrole nitrogens is 1. The fourth-order valence-electron chi connectivity index (χ4n) is 1.50. The lowest BCUT2D eigenvalue weighted by atomic mass is 10.1. The summed E-state index contributed by atoms with van der Waals surface area (Å²) >= 11 is 0. The molecule has 0 saturated carbocycles. The molecule has 102 valence electrons. The first kappa shape index (κ1) is 13.5. The highest BCUT2D eigenvalue weighted by Gasteiger charge is 2.17. The number of aromatic amines is 1. The number of nitrogens with zero attached hydrogens (tertiary/aromatic N) is 1. The van der Waals surface area contributed by atoms with Crippen molar-refractivity contribution in [1.82, 2.24) is 14.9 Å². The molecule has 7 nitrogen and oxygen atoms in total. The van der Waals surface area contributed by atoms with Gasteiger partial charge in [0.05, 0.1) is 12.3 Å². The maximum absolute atomic E-state index is 11.8. The number of aliphatic hydroxyl groups is 1. The van der Waals surface area contributed by atoms with E-state index in [0.717, 1.165) is 0 Å². The van der Waals surface area contributed by atoms with Crippen molar-refractivity contribution in [3.8, 4) is 0 Å². The minimum Gasteiger partial charge on any atom is -0.399 e. The van der Waals surface area contributed by atoms with Gasteiger partial charge in [0.15, 0.2) is 5.03 Å². The summed E-state index contributed by atoms with van der Waals surface area (Å²) in [6, 6.07) is 7.90. The van der Waals surface area contributed by atoms with Crippen molar-refractivity contribution >= 4 is 15.7 Å². The van der Waals surface area contributed by atoms with Gasteiger partial charge < -0.3 is 10.8 Å². The Morgan fingerprint density at radius 3 is 2.58 bits per heavy atom. The van der Waals surface area contributed by atoms with Crippen LogP contribution in [0.15, 0.2) is 41.6 Å². The number of nitrogens with two attached hydrogens (primary N) is 1. The highest BCUT2D eigenvalue weighted by Crippen LogP contribution is 2.14. The largest absolute Gasteiger partial charge is 0.399 e. The van der Waals surface area contributed by atoms with Gasteiger partial charge in [0, 0.05) is 12.2 Å². The number of hydrogen-bond acceptors (Lipinski definition) is 5. The van der Waals surface area contributed by atoms with Gasteiger partial charge in [-0.3, -0.25) is 5.10 Å². The molecule has 1 atom stereocenters. The molecule has 19 heavy (non-hydrogen) atoms. The van der Waals surface area contributed by atoms with E-state index < -0.39 is 16.1 Å². The lowest BCUT2D eigenvalue weighted by Gasteiger charge is -2.12. The van der Waals surface area contributed by atoms with Crippen LogP contribution in [0.3, 0.4) is 0 Å². The second-order valence-electron chi connectivity index (χ2n) is 3.96. The van der Waals surface area contributed by atoms with Crippen molar-refractivity contribution in [1.29, 1.82) is 0 Å². The number of anilines is 1. The molecule has 0 bridgehead atoms. The molecule has 2 aromatic rings. The van der Waals surface area contributed by atoms with Gasteiger partial charge in [-0.1, -0.05) is 12.1 Å². The van der Waals surface area contributed by atoms with E-state index in [4.69, 9.17) is 5.73 Å². The van der Waals surface area contributed by atoms with Gasteiger partial charge in [0.25, 0.3) is 10.0 Å². The summed E-state index contributed by atoms with van der Waals surface area (Å²) in [6.07, 6.45) is 0.392. The van der Waals surface area contributed by atoms with E-state index in [9.17, 15) is 13.5 Å². The van der Waals surface area contributed by atoms with Crippen LogP contribution in [0, 0.1) is 0 Å². The maximum Gasteiger partial charge on any atom is 0.257 e. The summed E-state index contributed by atoms with van der Waals surface area (Å²) in [6.45, 7) is -0.134. The number of hydrogen-bond donors (Lipinski definition) is 4. The number of aliphatic hydroxyl groups excluding tert-OH is 1. The zero-order valence-corrected chi connectivity index (χ0v) is 10.8. The van der Waals surface area contributed by atoms with Gasteiger partial charge >= 0.3 is 0 Å². The van der Waals surface area contributed by atoms with E-state index in [1.54, 1.807) is 24.3 Å². The summed E-state index contributed by atoms with van der Waals surface area (Å²) in [4.78, 5) is 0. The molecule has 0 spiro atoms. The third kappa shape index (κ3) is 3.31. The second-order valence-corrected chi connectivity index (χ2v) is 5.69. The van der Waals surface area contributed by atoms with E-state index in [1.807, 2.05) is 0 Å². The van der Waals surface area contributed by atoms with Crippen molar-refractivity contribution in [3.05, 3.63) is 42.1 Å². The average molecular weight is 282 g/mol. The number of aromatic nitrogens is 2. The number of benzene rings is 1. The molecule has 0 amide bonds. The molecule has 1 heterocycles. The normalized spacial score (nSPS) is 13.3. The maximum atomic E-state index is 11.8. The zero-order chi connectivity index (χ0) is 13.9. The van der Waals surface area contributed by atoms with Crippen molar-refractivity contribution in [2.45, 2.75) is 11.1 Å². The molecule has 1 aromatic heterocycles. The van der Waals surface area contributed by atoms with E-state index in [2.05, 4.69) is 14.9 Å². The van der Waals surface area contributed by atoms with Crippen LogP contribution in [0.25, 0.3) is 0 Å². The Balaban J connectivity index is 2.01. The Kier molecular flexibility index (Phi) is 3.84. The molecule has 0 fully saturated rings. The molecule has 0 aliphatic heterocycles. The summed E-state index contributed by atoms with van der Waals surface area (Å²) in [7, 11) is -3.68. The van der Waals surface area contributed by atoms with E-state index in [-0.39, 0.29) is 11.6 Å². The Hall–Kier alpha value is -1.90. The van der Waals surface area contributed by atoms with Gasteiger partial charge in [-0.2, -0.15) is 5.10 Å². The Bertz CT molecular complexity index is 622. The van der Waals surface area contributed by atoms with Crippen LogP contribution in [0.4, 0.5) is 5.69 Å². The molecule has 1 aromatic carbocycles. The summed E-state index contributed by atoms with van der Waals surface area (Å²) in [5.74, 6) is 0. The first-order chi connectivity index (χ1) is 8.99. The smallest absolute Gasteiger partial charge is 0.257 e. The monoisotopic (exact) mass is 282 g/mol. The predicted octanol–water partition coefficient (Wildman–Crippen LogP) is 0.00380. The second kappa shape index (κ2) is 5.39. The summed E-state index contributed by atoms with van der Waals surface area (Å²) in [5, 5.41) is 15.7. The van der Waals surface area contributed by atoms with Gasteiger partial charge in [0.2, 0.25) is 0 Å². The molecular formula is C11H14N4O3S. The number of sulfonamides is 1.